The maximum atomic E-state index is 14.9. The Labute approximate surface area is 334 Å². The number of hydrogen-bond donors (Lipinski definition) is 1. The van der Waals surface area contributed by atoms with Crippen molar-refractivity contribution in [2.24, 2.45) is 0 Å². The molecule has 0 amide bonds. The van der Waals surface area contributed by atoms with Crippen molar-refractivity contribution < 1.29 is 52.3 Å². The number of aliphatic hydroxyl groups is 1. The Morgan fingerprint density at radius 3 is 1.72 bits per heavy atom. The fourth-order valence-corrected chi connectivity index (χ4v) is 6.54. The molecular weight excluding hydrogens is 744 g/mol. The van der Waals surface area contributed by atoms with E-state index in [1.807, 2.05) is 91.0 Å². The minimum absolute atomic E-state index is 0.00377. The molecule has 1 N–H and O–H groups in total. The highest BCUT2D eigenvalue weighted by atomic mass is 16.7. The molecule has 1 aromatic heterocycles. The van der Waals surface area contributed by atoms with Gasteiger partial charge < -0.3 is 42.7 Å². The van der Waals surface area contributed by atoms with Gasteiger partial charge in [-0.05, 0) is 47.9 Å². The van der Waals surface area contributed by atoms with Gasteiger partial charge in [-0.1, -0.05) is 91.0 Å². The molecule has 0 spiro atoms. The lowest BCUT2D eigenvalue weighted by Gasteiger charge is -2.41. The van der Waals surface area contributed by atoms with E-state index in [4.69, 9.17) is 37.6 Å². The second-order valence-electron chi connectivity index (χ2n) is 13.7. The summed E-state index contributed by atoms with van der Waals surface area (Å²) >= 11 is 0. The molecular formula is C46H42O12. The molecule has 0 radical (unpaired) electrons. The van der Waals surface area contributed by atoms with Crippen LogP contribution in [0.2, 0.25) is 0 Å². The number of rotatable bonds is 14. The summed E-state index contributed by atoms with van der Waals surface area (Å²) in [4.78, 5) is 39.0. The largest absolute Gasteiger partial charge is 0.489 e. The standard InChI is InChI=1S/C46H42O12/c1-28-42(55-29(2)47)45(56-30(3)48)41(50)46(54-28)58-44-40(49)39-37(53-27-33-17-11-6-12-18-33)23-36(52-26-32-15-9-5-10-16-32)24-38(39)57-43(44)34-19-21-35(22-20-34)51-25-31-13-7-4-8-14-31/h4-24,28,41-42,45-46,50H,25-27H2,1-3H3/t28-,41+,42-,45-,46-/m0/s1. The maximum Gasteiger partial charge on any atom is 0.303 e. The molecule has 7 rings (SSSR count). The van der Waals surface area contributed by atoms with Crippen LogP contribution < -0.4 is 24.4 Å². The summed E-state index contributed by atoms with van der Waals surface area (Å²) in [6, 6.07) is 38.9. The van der Waals surface area contributed by atoms with E-state index in [9.17, 15) is 19.5 Å². The first-order valence-electron chi connectivity index (χ1n) is 18.7. The lowest BCUT2D eigenvalue weighted by atomic mass is 9.99. The average molecular weight is 787 g/mol. The fraction of sp³-hybridized carbons (Fsp3) is 0.239. The predicted molar refractivity (Wildman–Crippen MR) is 212 cm³/mol. The Hall–Kier alpha value is -6.63. The zero-order valence-electron chi connectivity index (χ0n) is 32.1. The van der Waals surface area contributed by atoms with Gasteiger partial charge in [0, 0.05) is 31.5 Å². The summed E-state index contributed by atoms with van der Waals surface area (Å²) in [5, 5.41) is 11.6. The van der Waals surface area contributed by atoms with E-state index in [0.717, 1.165) is 23.6 Å². The topological polar surface area (TPSA) is 149 Å². The molecule has 0 unspecified atom stereocenters. The SMILES string of the molecule is CC(=O)O[C@@H]1[C@@H](OC(C)=O)[C@@H](O)[C@H](Oc2c(-c3ccc(OCc4ccccc4)cc3)oc3cc(OCc4ccccc4)cc(OCc4ccccc4)c3c2=O)O[C@H]1C. The summed E-state index contributed by atoms with van der Waals surface area (Å²) in [6.45, 7) is 4.60. The van der Waals surface area contributed by atoms with Gasteiger partial charge in [-0.3, -0.25) is 14.4 Å². The monoisotopic (exact) mass is 786 g/mol. The van der Waals surface area contributed by atoms with Crippen molar-refractivity contribution in [2.75, 3.05) is 0 Å². The van der Waals surface area contributed by atoms with Gasteiger partial charge in [0.05, 0.1) is 6.10 Å². The predicted octanol–water partition coefficient (Wildman–Crippen LogP) is 7.54. The summed E-state index contributed by atoms with van der Waals surface area (Å²) in [6.07, 6.45) is -6.78. The molecule has 1 saturated heterocycles. The van der Waals surface area contributed by atoms with Crippen molar-refractivity contribution in [1.29, 1.82) is 0 Å². The quantitative estimate of drug-likeness (QED) is 0.109. The van der Waals surface area contributed by atoms with Crippen molar-refractivity contribution in [2.45, 2.75) is 71.3 Å². The van der Waals surface area contributed by atoms with Crippen LogP contribution in [-0.4, -0.2) is 47.8 Å². The number of fused-ring (bicyclic) bond motifs is 1. The van der Waals surface area contributed by atoms with Gasteiger partial charge in [0.1, 0.15) is 48.0 Å². The van der Waals surface area contributed by atoms with Crippen LogP contribution in [0.1, 0.15) is 37.5 Å². The molecule has 12 nitrogen and oxygen atoms in total. The minimum atomic E-state index is -1.70. The molecule has 5 aromatic carbocycles. The average Bonchev–Trinajstić information content (AvgIpc) is 3.23. The molecule has 6 aromatic rings. The van der Waals surface area contributed by atoms with Gasteiger partial charge in [-0.2, -0.15) is 0 Å². The molecule has 1 aliphatic rings. The third-order valence-corrected chi connectivity index (χ3v) is 9.33. The Bertz CT molecular complexity index is 2380. The number of benzene rings is 5. The third kappa shape index (κ3) is 9.48. The number of carbonyl (C=O) groups is 2. The molecule has 1 fully saturated rings. The van der Waals surface area contributed by atoms with E-state index in [1.54, 1.807) is 43.3 Å². The normalized spacial score (nSPS) is 18.9. The minimum Gasteiger partial charge on any atom is -0.489 e. The molecule has 5 atom stereocenters. The van der Waals surface area contributed by atoms with E-state index in [1.165, 1.54) is 6.92 Å². The van der Waals surface area contributed by atoms with E-state index in [-0.39, 0.29) is 41.4 Å². The van der Waals surface area contributed by atoms with Crippen molar-refractivity contribution in [3.8, 4) is 34.3 Å². The van der Waals surface area contributed by atoms with Gasteiger partial charge in [-0.15, -0.1) is 0 Å². The first-order valence-corrected chi connectivity index (χ1v) is 18.7. The van der Waals surface area contributed by atoms with Crippen LogP contribution in [0.4, 0.5) is 0 Å². The second kappa shape index (κ2) is 18.1. The molecule has 58 heavy (non-hydrogen) atoms. The molecule has 12 heteroatoms. The lowest BCUT2D eigenvalue weighted by Crippen LogP contribution is -2.61. The van der Waals surface area contributed by atoms with Gasteiger partial charge in [0.2, 0.25) is 17.5 Å². The van der Waals surface area contributed by atoms with Crippen LogP contribution in [0.5, 0.6) is 23.0 Å². The summed E-state index contributed by atoms with van der Waals surface area (Å²) in [5.41, 5.74) is 2.69. The molecule has 0 bridgehead atoms. The Morgan fingerprint density at radius 1 is 0.655 bits per heavy atom. The van der Waals surface area contributed by atoms with Crippen molar-refractivity contribution >= 4 is 22.9 Å². The van der Waals surface area contributed by atoms with Crippen LogP contribution in [0.15, 0.2) is 137 Å². The first-order chi connectivity index (χ1) is 28.1. The first kappa shape index (κ1) is 39.6. The maximum absolute atomic E-state index is 14.9. The van der Waals surface area contributed by atoms with Gasteiger partial charge in [0.25, 0.3) is 0 Å². The zero-order chi connectivity index (χ0) is 40.6. The Balaban J connectivity index is 1.32. The van der Waals surface area contributed by atoms with E-state index >= 15 is 0 Å². The summed E-state index contributed by atoms with van der Waals surface area (Å²) in [7, 11) is 0. The highest BCUT2D eigenvalue weighted by Gasteiger charge is 2.49. The van der Waals surface area contributed by atoms with Crippen molar-refractivity contribution in [1.82, 2.24) is 0 Å². The Kier molecular flexibility index (Phi) is 12.4. The van der Waals surface area contributed by atoms with Gasteiger partial charge in [-0.25, -0.2) is 0 Å². The van der Waals surface area contributed by atoms with Crippen LogP contribution in [0.25, 0.3) is 22.3 Å². The number of aliphatic hydroxyl groups excluding tert-OH is 1. The van der Waals surface area contributed by atoms with Crippen LogP contribution >= 0.6 is 0 Å². The summed E-state index contributed by atoms with van der Waals surface area (Å²) < 4.78 is 48.2. The molecule has 2 heterocycles. The fourth-order valence-electron chi connectivity index (χ4n) is 6.54. The molecule has 0 aliphatic carbocycles. The Morgan fingerprint density at radius 2 is 1.17 bits per heavy atom. The van der Waals surface area contributed by atoms with Crippen LogP contribution in [0, 0.1) is 0 Å². The van der Waals surface area contributed by atoms with Gasteiger partial charge >= 0.3 is 11.9 Å². The third-order valence-electron chi connectivity index (χ3n) is 9.33. The number of esters is 2. The summed E-state index contributed by atoms with van der Waals surface area (Å²) in [5.74, 6) is -0.634. The van der Waals surface area contributed by atoms with E-state index in [2.05, 4.69) is 0 Å². The second-order valence-corrected chi connectivity index (χ2v) is 13.7. The van der Waals surface area contributed by atoms with Crippen molar-refractivity contribution in [3.63, 3.8) is 0 Å². The van der Waals surface area contributed by atoms with Crippen LogP contribution in [-0.2, 0) is 43.6 Å². The van der Waals surface area contributed by atoms with E-state index < -0.39 is 48.1 Å². The molecule has 0 saturated carbocycles. The van der Waals surface area contributed by atoms with Gasteiger partial charge in [0.15, 0.2) is 24.1 Å². The molecule has 298 valence electrons. The zero-order valence-corrected chi connectivity index (χ0v) is 32.1. The number of carbonyl (C=O) groups excluding carboxylic acids is 2. The lowest BCUT2D eigenvalue weighted by molar-refractivity contribution is -0.276. The highest BCUT2D eigenvalue weighted by Crippen LogP contribution is 2.39. The van der Waals surface area contributed by atoms with E-state index in [0.29, 0.717) is 23.7 Å². The number of hydrogen-bond acceptors (Lipinski definition) is 12. The van der Waals surface area contributed by atoms with Crippen molar-refractivity contribution in [3.05, 3.63) is 154 Å². The molecule has 1 aliphatic heterocycles. The highest BCUT2D eigenvalue weighted by molar-refractivity contribution is 5.88. The van der Waals surface area contributed by atoms with Crippen LogP contribution in [0.3, 0.4) is 0 Å². The number of ether oxygens (including phenoxy) is 7. The smallest absolute Gasteiger partial charge is 0.303 e.